The summed E-state index contributed by atoms with van der Waals surface area (Å²) in [5, 5.41) is 0.497. The van der Waals surface area contributed by atoms with Crippen LogP contribution in [0.1, 0.15) is 12.0 Å². The molecule has 1 rings (SSSR count). The Hall–Kier alpha value is -1.06. The maximum atomic E-state index is 5.92. The molecule has 0 aliphatic rings. The molecule has 1 aromatic heterocycles. The molecule has 3 nitrogen and oxygen atoms in total. The Labute approximate surface area is 88.5 Å². The molecule has 0 spiro atoms. The van der Waals surface area contributed by atoms with Crippen LogP contribution in [0.3, 0.4) is 0 Å². The third-order valence-electron chi connectivity index (χ3n) is 1.66. The van der Waals surface area contributed by atoms with Gasteiger partial charge >= 0.3 is 0 Å². The van der Waals surface area contributed by atoms with Crippen molar-refractivity contribution in [2.24, 2.45) is 5.73 Å². The molecular formula is C10H13ClN2O. The first kappa shape index (κ1) is 11.0. The van der Waals surface area contributed by atoms with E-state index < -0.39 is 0 Å². The SMILES string of the molecule is C=CCCOc1ncc(CN)cc1Cl. The van der Waals surface area contributed by atoms with E-state index in [9.17, 15) is 0 Å². The molecule has 0 radical (unpaired) electrons. The predicted molar refractivity (Wildman–Crippen MR) is 57.4 cm³/mol. The summed E-state index contributed by atoms with van der Waals surface area (Å²) >= 11 is 5.92. The number of nitrogens with zero attached hydrogens (tertiary/aromatic N) is 1. The first-order valence-corrected chi connectivity index (χ1v) is 4.74. The Morgan fingerprint density at radius 1 is 1.64 bits per heavy atom. The molecule has 14 heavy (non-hydrogen) atoms. The fourth-order valence-electron chi connectivity index (χ4n) is 0.922. The molecule has 0 amide bonds. The largest absolute Gasteiger partial charge is 0.476 e. The molecule has 0 atom stereocenters. The van der Waals surface area contributed by atoms with Crippen LogP contribution in [0.5, 0.6) is 5.88 Å². The molecule has 1 heterocycles. The first-order chi connectivity index (χ1) is 6.77. The van der Waals surface area contributed by atoms with Crippen LogP contribution in [-0.4, -0.2) is 11.6 Å². The number of halogens is 1. The lowest BCUT2D eigenvalue weighted by Crippen LogP contribution is -2.01. The third-order valence-corrected chi connectivity index (χ3v) is 1.93. The number of nitrogens with two attached hydrogens (primary N) is 1. The summed E-state index contributed by atoms with van der Waals surface area (Å²) < 4.78 is 5.32. The minimum atomic E-state index is 0.430. The Balaban J connectivity index is 2.63. The molecule has 0 unspecified atom stereocenters. The van der Waals surface area contributed by atoms with Crippen molar-refractivity contribution in [1.29, 1.82) is 0 Å². The van der Waals surface area contributed by atoms with E-state index >= 15 is 0 Å². The highest BCUT2D eigenvalue weighted by Crippen LogP contribution is 2.22. The van der Waals surface area contributed by atoms with Gasteiger partial charge in [0.1, 0.15) is 5.02 Å². The Bertz CT molecular complexity index is 315. The summed E-state index contributed by atoms with van der Waals surface area (Å²) in [6.45, 7) is 4.56. The number of hydrogen-bond donors (Lipinski definition) is 1. The fraction of sp³-hybridized carbons (Fsp3) is 0.300. The van der Waals surface area contributed by atoms with Gasteiger partial charge in [0, 0.05) is 12.7 Å². The Morgan fingerprint density at radius 2 is 2.43 bits per heavy atom. The molecule has 0 saturated heterocycles. The van der Waals surface area contributed by atoms with Crippen molar-refractivity contribution in [2.45, 2.75) is 13.0 Å². The van der Waals surface area contributed by atoms with E-state index in [1.807, 2.05) is 0 Å². The van der Waals surface area contributed by atoms with Crippen LogP contribution in [-0.2, 0) is 6.54 Å². The molecule has 0 fully saturated rings. The van der Waals surface area contributed by atoms with E-state index in [0.29, 0.717) is 24.1 Å². The number of aromatic nitrogens is 1. The van der Waals surface area contributed by atoms with Gasteiger partial charge in [-0.15, -0.1) is 6.58 Å². The van der Waals surface area contributed by atoms with Crippen molar-refractivity contribution in [2.75, 3.05) is 6.61 Å². The standard InChI is InChI=1S/C10H13ClN2O/c1-2-3-4-14-10-9(11)5-8(6-12)7-13-10/h2,5,7H,1,3-4,6,12H2. The van der Waals surface area contributed by atoms with Gasteiger partial charge in [0.15, 0.2) is 0 Å². The fourth-order valence-corrected chi connectivity index (χ4v) is 1.17. The van der Waals surface area contributed by atoms with Crippen LogP contribution in [0.15, 0.2) is 24.9 Å². The molecular weight excluding hydrogens is 200 g/mol. The maximum Gasteiger partial charge on any atom is 0.232 e. The average molecular weight is 213 g/mol. The van der Waals surface area contributed by atoms with E-state index in [1.165, 1.54) is 0 Å². The van der Waals surface area contributed by atoms with Crippen molar-refractivity contribution in [1.82, 2.24) is 4.98 Å². The monoisotopic (exact) mass is 212 g/mol. The molecule has 0 aromatic carbocycles. The van der Waals surface area contributed by atoms with Gasteiger partial charge in [-0.3, -0.25) is 0 Å². The molecule has 76 valence electrons. The molecule has 0 bridgehead atoms. The lowest BCUT2D eigenvalue weighted by atomic mass is 10.3. The van der Waals surface area contributed by atoms with Gasteiger partial charge in [0.05, 0.1) is 6.61 Å². The number of ether oxygens (including phenoxy) is 1. The van der Waals surface area contributed by atoms with E-state index in [4.69, 9.17) is 22.1 Å². The summed E-state index contributed by atoms with van der Waals surface area (Å²) in [7, 11) is 0. The lowest BCUT2D eigenvalue weighted by Gasteiger charge is -2.06. The van der Waals surface area contributed by atoms with E-state index in [0.717, 1.165) is 12.0 Å². The van der Waals surface area contributed by atoms with Gasteiger partial charge in [0.25, 0.3) is 0 Å². The van der Waals surface area contributed by atoms with Crippen molar-refractivity contribution in [3.63, 3.8) is 0 Å². The molecule has 0 saturated carbocycles. The minimum Gasteiger partial charge on any atom is -0.476 e. The molecule has 1 aromatic rings. The van der Waals surface area contributed by atoms with Gasteiger partial charge in [-0.25, -0.2) is 4.98 Å². The molecule has 0 aliphatic carbocycles. The highest BCUT2D eigenvalue weighted by Gasteiger charge is 2.03. The third kappa shape index (κ3) is 3.01. The maximum absolute atomic E-state index is 5.92. The smallest absolute Gasteiger partial charge is 0.232 e. The highest BCUT2D eigenvalue weighted by atomic mass is 35.5. The van der Waals surface area contributed by atoms with E-state index in [1.54, 1.807) is 18.3 Å². The summed E-state index contributed by atoms with van der Waals surface area (Å²) in [6.07, 6.45) is 4.22. The van der Waals surface area contributed by atoms with Crippen molar-refractivity contribution in [3.05, 3.63) is 35.5 Å². The van der Waals surface area contributed by atoms with Crippen molar-refractivity contribution >= 4 is 11.6 Å². The number of rotatable bonds is 5. The number of pyridine rings is 1. The second-order valence-electron chi connectivity index (χ2n) is 2.76. The summed E-state index contributed by atoms with van der Waals surface area (Å²) in [5.74, 6) is 0.450. The number of hydrogen-bond acceptors (Lipinski definition) is 3. The van der Waals surface area contributed by atoms with Crippen LogP contribution >= 0.6 is 11.6 Å². The predicted octanol–water partition coefficient (Wildman–Crippen LogP) is 2.15. The highest BCUT2D eigenvalue weighted by molar-refractivity contribution is 6.31. The van der Waals surface area contributed by atoms with E-state index in [2.05, 4.69) is 11.6 Å². The zero-order valence-electron chi connectivity index (χ0n) is 7.87. The summed E-state index contributed by atoms with van der Waals surface area (Å²) in [6, 6.07) is 1.76. The second kappa shape index (κ2) is 5.62. The molecule has 0 aliphatic heterocycles. The second-order valence-corrected chi connectivity index (χ2v) is 3.17. The van der Waals surface area contributed by atoms with Gasteiger partial charge in [-0.05, 0) is 18.1 Å². The molecule has 2 N–H and O–H groups in total. The van der Waals surface area contributed by atoms with Crippen LogP contribution in [0.4, 0.5) is 0 Å². The van der Waals surface area contributed by atoms with Gasteiger partial charge in [-0.1, -0.05) is 17.7 Å². The first-order valence-electron chi connectivity index (χ1n) is 4.36. The normalized spacial score (nSPS) is 9.86. The lowest BCUT2D eigenvalue weighted by molar-refractivity contribution is 0.312. The van der Waals surface area contributed by atoms with E-state index in [-0.39, 0.29) is 0 Å². The summed E-state index contributed by atoms with van der Waals surface area (Å²) in [5.41, 5.74) is 6.33. The Kier molecular flexibility index (Phi) is 4.43. The van der Waals surface area contributed by atoms with Crippen LogP contribution < -0.4 is 10.5 Å². The van der Waals surface area contributed by atoms with Gasteiger partial charge in [-0.2, -0.15) is 0 Å². The van der Waals surface area contributed by atoms with Crippen LogP contribution in [0, 0.1) is 0 Å². The zero-order chi connectivity index (χ0) is 10.4. The van der Waals surface area contributed by atoms with Gasteiger partial charge < -0.3 is 10.5 Å². The Morgan fingerprint density at radius 3 is 3.00 bits per heavy atom. The van der Waals surface area contributed by atoms with Crippen molar-refractivity contribution in [3.8, 4) is 5.88 Å². The quantitative estimate of drug-likeness (QED) is 0.601. The van der Waals surface area contributed by atoms with Crippen molar-refractivity contribution < 1.29 is 4.74 Å². The zero-order valence-corrected chi connectivity index (χ0v) is 8.63. The average Bonchev–Trinajstić information content (AvgIpc) is 2.20. The van der Waals surface area contributed by atoms with Crippen LogP contribution in [0.25, 0.3) is 0 Å². The topological polar surface area (TPSA) is 48.1 Å². The van der Waals surface area contributed by atoms with Crippen LogP contribution in [0.2, 0.25) is 5.02 Å². The minimum absolute atomic E-state index is 0.430. The summed E-state index contributed by atoms with van der Waals surface area (Å²) in [4.78, 5) is 4.05. The van der Waals surface area contributed by atoms with Gasteiger partial charge in [0.2, 0.25) is 5.88 Å². The molecule has 4 heteroatoms.